The molecule has 1 aliphatic heterocycles. The zero-order chi connectivity index (χ0) is 28.2. The molecule has 0 atom stereocenters. The van der Waals surface area contributed by atoms with Gasteiger partial charge in [-0.1, -0.05) is 41.4 Å². The first-order valence-electron chi connectivity index (χ1n) is 11.6. The molecule has 0 radical (unpaired) electrons. The van der Waals surface area contributed by atoms with Crippen molar-refractivity contribution in [3.05, 3.63) is 76.8 Å². The largest absolute Gasteiger partial charge is 0.495 e. The fraction of sp³-hybridized carbons (Fsp3) is 0.240. The molecule has 39 heavy (non-hydrogen) atoms. The number of carbonyl (C=O) groups is 1. The van der Waals surface area contributed by atoms with Crippen LogP contribution in [0, 0.1) is 0 Å². The predicted molar refractivity (Wildman–Crippen MR) is 149 cm³/mol. The molecule has 0 spiro atoms. The highest BCUT2D eigenvalue weighted by atomic mass is 35.5. The molecular weight excluding hydrogens is 589 g/mol. The molecule has 0 saturated carbocycles. The third-order valence-electron chi connectivity index (χ3n) is 5.81. The highest BCUT2D eigenvalue weighted by molar-refractivity contribution is 7.92. The number of methoxy groups -OCH3 is 1. The van der Waals surface area contributed by atoms with Crippen molar-refractivity contribution in [2.75, 3.05) is 49.6 Å². The number of nitrogens with one attached hydrogen (secondary N) is 1. The zero-order valence-electron chi connectivity index (χ0n) is 20.7. The Morgan fingerprint density at radius 3 is 2.21 bits per heavy atom. The Balaban J connectivity index is 1.67. The van der Waals surface area contributed by atoms with E-state index in [2.05, 4.69) is 5.32 Å². The number of sulfonamides is 2. The van der Waals surface area contributed by atoms with Gasteiger partial charge < -0.3 is 14.8 Å². The molecule has 1 N–H and O–H groups in total. The highest BCUT2D eigenvalue weighted by Gasteiger charge is 2.30. The van der Waals surface area contributed by atoms with Crippen LogP contribution in [0.25, 0.3) is 0 Å². The van der Waals surface area contributed by atoms with Crippen molar-refractivity contribution in [1.29, 1.82) is 0 Å². The monoisotopic (exact) mass is 613 g/mol. The maximum atomic E-state index is 13.6. The van der Waals surface area contributed by atoms with Crippen molar-refractivity contribution in [1.82, 2.24) is 4.31 Å². The summed E-state index contributed by atoms with van der Waals surface area (Å²) in [7, 11) is -6.73. The minimum absolute atomic E-state index is 0.0509. The molecule has 0 bridgehead atoms. The number of anilines is 2. The number of ether oxygens (including phenoxy) is 2. The number of morpholine rings is 1. The number of halogens is 2. The van der Waals surface area contributed by atoms with Gasteiger partial charge in [-0.3, -0.25) is 9.10 Å². The van der Waals surface area contributed by atoms with Crippen molar-refractivity contribution in [3.63, 3.8) is 0 Å². The predicted octanol–water partition coefficient (Wildman–Crippen LogP) is 3.86. The Kier molecular flexibility index (Phi) is 9.04. The first-order valence-corrected chi connectivity index (χ1v) is 15.3. The molecule has 14 heteroatoms. The summed E-state index contributed by atoms with van der Waals surface area (Å²) in [6.45, 7) is 0.281. The van der Waals surface area contributed by atoms with Gasteiger partial charge in [0, 0.05) is 23.1 Å². The lowest BCUT2D eigenvalue weighted by Crippen LogP contribution is -2.40. The Labute approximate surface area is 237 Å². The molecule has 0 aromatic heterocycles. The maximum Gasteiger partial charge on any atom is 0.264 e. The smallest absolute Gasteiger partial charge is 0.264 e. The number of nitrogens with zero attached hydrogens (tertiary/aromatic N) is 2. The lowest BCUT2D eigenvalue weighted by molar-refractivity contribution is -0.114. The van der Waals surface area contributed by atoms with E-state index in [9.17, 15) is 21.6 Å². The van der Waals surface area contributed by atoms with Crippen molar-refractivity contribution in [2.45, 2.75) is 9.79 Å². The van der Waals surface area contributed by atoms with Gasteiger partial charge in [-0.2, -0.15) is 4.31 Å². The lowest BCUT2D eigenvalue weighted by atomic mass is 10.3. The van der Waals surface area contributed by atoms with E-state index < -0.39 is 32.5 Å². The molecular formula is C25H25Cl2N3O7S2. The van der Waals surface area contributed by atoms with Gasteiger partial charge in [0.25, 0.3) is 10.0 Å². The number of carbonyl (C=O) groups excluding carboxylic acids is 1. The minimum atomic E-state index is -4.23. The first kappa shape index (κ1) is 29.1. The number of amides is 1. The number of benzene rings is 3. The van der Waals surface area contributed by atoms with Crippen LogP contribution in [0.1, 0.15) is 0 Å². The fourth-order valence-electron chi connectivity index (χ4n) is 3.92. The summed E-state index contributed by atoms with van der Waals surface area (Å²) >= 11 is 12.3. The average molecular weight is 615 g/mol. The SMILES string of the molecule is COc1ccc(S(=O)(=O)N2CCOCC2)cc1NC(=O)CN(c1cc(Cl)cc(Cl)c1)S(=O)(=O)c1ccccc1. The van der Waals surface area contributed by atoms with Gasteiger partial charge in [-0.15, -0.1) is 0 Å². The van der Waals surface area contributed by atoms with Gasteiger partial charge in [0.15, 0.2) is 0 Å². The van der Waals surface area contributed by atoms with Crippen LogP contribution in [-0.2, 0) is 29.6 Å². The number of hydrogen-bond donors (Lipinski definition) is 1. The summed E-state index contributed by atoms with van der Waals surface area (Å²) in [5, 5.41) is 2.94. The van der Waals surface area contributed by atoms with Crippen LogP contribution in [0.5, 0.6) is 5.75 Å². The van der Waals surface area contributed by atoms with E-state index in [1.165, 1.54) is 59.9 Å². The molecule has 1 heterocycles. The maximum absolute atomic E-state index is 13.6. The van der Waals surface area contributed by atoms with Gasteiger partial charge in [0.1, 0.15) is 12.3 Å². The van der Waals surface area contributed by atoms with Crippen molar-refractivity contribution in [2.24, 2.45) is 0 Å². The second kappa shape index (κ2) is 12.1. The Morgan fingerprint density at radius 1 is 0.949 bits per heavy atom. The van der Waals surface area contributed by atoms with Gasteiger partial charge >= 0.3 is 0 Å². The summed E-state index contributed by atoms with van der Waals surface area (Å²) in [6, 6.07) is 15.8. The normalized spacial score (nSPS) is 14.5. The molecule has 208 valence electrons. The summed E-state index contributed by atoms with van der Waals surface area (Å²) < 4.78 is 66.1. The van der Waals surface area contributed by atoms with Crippen LogP contribution in [0.15, 0.2) is 76.5 Å². The van der Waals surface area contributed by atoms with Crippen LogP contribution in [0.3, 0.4) is 0 Å². The van der Waals surface area contributed by atoms with Gasteiger partial charge in [-0.05, 0) is 48.5 Å². The summed E-state index contributed by atoms with van der Waals surface area (Å²) in [5.41, 5.74) is 0.125. The second-order valence-electron chi connectivity index (χ2n) is 8.38. The molecule has 1 amide bonds. The number of rotatable bonds is 9. The Morgan fingerprint density at radius 2 is 1.59 bits per heavy atom. The van der Waals surface area contributed by atoms with E-state index in [-0.39, 0.29) is 63.3 Å². The summed E-state index contributed by atoms with van der Waals surface area (Å²) in [5.74, 6) is -0.572. The Bertz CT molecular complexity index is 1540. The van der Waals surface area contributed by atoms with E-state index in [1.54, 1.807) is 18.2 Å². The molecule has 10 nitrogen and oxygen atoms in total. The third-order valence-corrected chi connectivity index (χ3v) is 9.93. The van der Waals surface area contributed by atoms with Crippen molar-refractivity contribution < 1.29 is 31.1 Å². The fourth-order valence-corrected chi connectivity index (χ4v) is 7.29. The van der Waals surface area contributed by atoms with E-state index in [4.69, 9.17) is 32.7 Å². The summed E-state index contributed by atoms with van der Waals surface area (Å²) in [4.78, 5) is 13.1. The molecule has 1 fully saturated rings. The quantitative estimate of drug-likeness (QED) is 0.389. The number of hydrogen-bond acceptors (Lipinski definition) is 7. The second-order valence-corrected chi connectivity index (χ2v) is 13.1. The van der Waals surface area contributed by atoms with Crippen molar-refractivity contribution in [3.8, 4) is 5.75 Å². The van der Waals surface area contributed by atoms with Gasteiger partial charge in [-0.25, -0.2) is 16.8 Å². The van der Waals surface area contributed by atoms with E-state index in [0.29, 0.717) is 0 Å². The van der Waals surface area contributed by atoms with E-state index >= 15 is 0 Å². The molecule has 0 unspecified atom stereocenters. The molecule has 4 rings (SSSR count). The average Bonchev–Trinajstić information content (AvgIpc) is 2.92. The Hall–Kier alpha value is -2.87. The third kappa shape index (κ3) is 6.65. The topological polar surface area (TPSA) is 122 Å². The molecule has 0 aliphatic carbocycles. The van der Waals surface area contributed by atoms with Crippen LogP contribution < -0.4 is 14.4 Å². The van der Waals surface area contributed by atoms with E-state index in [1.807, 2.05) is 0 Å². The highest BCUT2D eigenvalue weighted by Crippen LogP contribution is 2.32. The van der Waals surface area contributed by atoms with Crippen LogP contribution in [0.2, 0.25) is 10.0 Å². The standard InChI is InChI=1S/C25H25Cl2N3O7S2/c1-36-24-8-7-22(38(32,33)29-9-11-37-12-10-29)16-23(24)28-25(31)17-30(20-14-18(26)13-19(27)15-20)39(34,35)21-5-3-2-4-6-21/h2-8,13-16H,9-12,17H2,1H3,(H,28,31). The van der Waals surface area contributed by atoms with Crippen LogP contribution in [0.4, 0.5) is 11.4 Å². The van der Waals surface area contributed by atoms with Crippen LogP contribution in [-0.4, -0.2) is 67.0 Å². The van der Waals surface area contributed by atoms with Crippen molar-refractivity contribution >= 4 is 60.5 Å². The molecule has 3 aromatic carbocycles. The van der Waals surface area contributed by atoms with E-state index in [0.717, 1.165) is 4.31 Å². The summed E-state index contributed by atoms with van der Waals surface area (Å²) in [6.07, 6.45) is 0. The van der Waals surface area contributed by atoms with Gasteiger partial charge in [0.2, 0.25) is 15.9 Å². The minimum Gasteiger partial charge on any atom is -0.495 e. The molecule has 1 saturated heterocycles. The molecule has 3 aromatic rings. The lowest BCUT2D eigenvalue weighted by Gasteiger charge is -2.26. The zero-order valence-corrected chi connectivity index (χ0v) is 23.9. The first-order chi connectivity index (χ1) is 18.5. The van der Waals surface area contributed by atoms with Gasteiger partial charge in [0.05, 0.1) is 41.5 Å². The van der Waals surface area contributed by atoms with Crippen LogP contribution >= 0.6 is 23.2 Å². The molecule has 1 aliphatic rings.